The van der Waals surface area contributed by atoms with Crippen LogP contribution in [0.2, 0.25) is 0 Å². The van der Waals surface area contributed by atoms with Crippen molar-refractivity contribution in [3.05, 3.63) is 70.1 Å². The Balaban J connectivity index is 1.22. The van der Waals surface area contributed by atoms with Gasteiger partial charge in [-0.1, -0.05) is 36.6 Å². The van der Waals surface area contributed by atoms with Gasteiger partial charge in [0, 0.05) is 29.0 Å². The number of pyridine rings is 1. The van der Waals surface area contributed by atoms with Crippen molar-refractivity contribution < 1.29 is 0 Å². The number of H-pyrrole nitrogens is 1. The number of halogens is 1. The SMILES string of the molecule is CC1CC(Cl)=CC2=C1[C@@H](C1CCN(CCCCCc3cnc[nH]3)CC1)c1ncccc1CC2. The van der Waals surface area contributed by atoms with Gasteiger partial charge in [-0.15, -0.1) is 0 Å². The highest BCUT2D eigenvalue weighted by molar-refractivity contribution is 6.29. The van der Waals surface area contributed by atoms with Crippen molar-refractivity contribution in [1.29, 1.82) is 0 Å². The first-order valence-corrected chi connectivity index (χ1v) is 13.3. The van der Waals surface area contributed by atoms with Crippen LogP contribution in [0.25, 0.3) is 0 Å². The predicted molar refractivity (Wildman–Crippen MR) is 135 cm³/mol. The lowest BCUT2D eigenvalue weighted by Gasteiger charge is -2.39. The standard InChI is InChI=1S/C28H37ClN4/c1-20-16-24(29)17-23-9-8-22-6-5-12-31-28(22)27(26(20)23)21-10-14-33(15-11-21)13-4-2-3-7-25-18-30-19-32-25/h5-6,12,17-21,27H,2-4,7-11,13-16H2,1H3,(H,30,32)/t20?,27-/m1/s1. The highest BCUT2D eigenvalue weighted by atomic mass is 35.5. The van der Waals surface area contributed by atoms with E-state index in [0.717, 1.165) is 30.7 Å². The number of nitrogens with zero attached hydrogens (tertiary/aromatic N) is 3. The van der Waals surface area contributed by atoms with Crippen molar-refractivity contribution >= 4 is 11.6 Å². The van der Waals surface area contributed by atoms with E-state index in [0.29, 0.717) is 17.8 Å². The van der Waals surface area contributed by atoms with Gasteiger partial charge in [0.1, 0.15) is 0 Å². The van der Waals surface area contributed by atoms with Gasteiger partial charge in [-0.3, -0.25) is 4.98 Å². The number of aromatic nitrogens is 3. The van der Waals surface area contributed by atoms with Crippen molar-refractivity contribution in [1.82, 2.24) is 19.9 Å². The smallest absolute Gasteiger partial charge is 0.0921 e. The number of allylic oxidation sites excluding steroid dienone is 4. The maximum atomic E-state index is 6.55. The maximum absolute atomic E-state index is 6.55. The fraction of sp³-hybridized carbons (Fsp3) is 0.571. The van der Waals surface area contributed by atoms with Gasteiger partial charge >= 0.3 is 0 Å². The Morgan fingerprint density at radius 1 is 1.15 bits per heavy atom. The largest absolute Gasteiger partial charge is 0.348 e. The average Bonchev–Trinajstić information content (AvgIpc) is 3.28. The first kappa shape index (κ1) is 22.9. The fourth-order valence-electron chi connectivity index (χ4n) is 6.37. The van der Waals surface area contributed by atoms with Crippen molar-refractivity contribution in [3.63, 3.8) is 0 Å². The molecule has 0 saturated carbocycles. The molecule has 2 aromatic rings. The van der Waals surface area contributed by atoms with E-state index in [1.54, 1.807) is 11.9 Å². The van der Waals surface area contributed by atoms with Gasteiger partial charge in [0.25, 0.3) is 0 Å². The molecule has 1 unspecified atom stereocenters. The van der Waals surface area contributed by atoms with Crippen molar-refractivity contribution in [2.75, 3.05) is 19.6 Å². The first-order chi connectivity index (χ1) is 16.2. The summed E-state index contributed by atoms with van der Waals surface area (Å²) in [5.74, 6) is 1.67. The van der Waals surface area contributed by atoms with E-state index in [9.17, 15) is 0 Å². The second-order valence-corrected chi connectivity index (χ2v) is 10.8. The first-order valence-electron chi connectivity index (χ1n) is 12.9. The Kier molecular flexibility index (Phi) is 7.32. The zero-order valence-electron chi connectivity index (χ0n) is 19.9. The molecule has 33 heavy (non-hydrogen) atoms. The average molecular weight is 465 g/mol. The zero-order chi connectivity index (χ0) is 22.6. The minimum absolute atomic E-state index is 0.464. The Morgan fingerprint density at radius 3 is 2.85 bits per heavy atom. The number of rotatable bonds is 7. The quantitative estimate of drug-likeness (QED) is 0.481. The molecule has 0 aromatic carbocycles. The number of hydrogen-bond acceptors (Lipinski definition) is 3. The highest BCUT2D eigenvalue weighted by Crippen LogP contribution is 2.48. The van der Waals surface area contributed by atoms with E-state index in [1.165, 1.54) is 74.3 Å². The van der Waals surface area contributed by atoms with Gasteiger partial charge in [0.2, 0.25) is 0 Å². The lowest BCUT2D eigenvalue weighted by molar-refractivity contribution is 0.168. The third-order valence-corrected chi connectivity index (χ3v) is 8.30. The molecule has 5 rings (SSSR count). The van der Waals surface area contributed by atoms with Crippen LogP contribution in [-0.4, -0.2) is 39.5 Å². The predicted octanol–water partition coefficient (Wildman–Crippen LogP) is 6.42. The van der Waals surface area contributed by atoms with E-state index in [2.05, 4.69) is 40.0 Å². The Bertz CT molecular complexity index is 985. The van der Waals surface area contributed by atoms with Gasteiger partial charge < -0.3 is 9.88 Å². The van der Waals surface area contributed by atoms with Crippen LogP contribution in [0.15, 0.2) is 53.1 Å². The van der Waals surface area contributed by atoms with Gasteiger partial charge in [0.05, 0.1) is 12.0 Å². The van der Waals surface area contributed by atoms with Crippen LogP contribution in [0.5, 0.6) is 0 Å². The lowest BCUT2D eigenvalue weighted by atomic mass is 9.70. The summed E-state index contributed by atoms with van der Waals surface area (Å²) in [4.78, 5) is 15.0. The number of piperidine rings is 1. The fourth-order valence-corrected chi connectivity index (χ4v) is 6.73. The molecular formula is C28H37ClN4. The number of nitrogens with one attached hydrogen (secondary N) is 1. The molecule has 4 nitrogen and oxygen atoms in total. The molecule has 0 amide bonds. The number of aryl methyl sites for hydroxylation is 2. The highest BCUT2D eigenvalue weighted by Gasteiger charge is 2.37. The van der Waals surface area contributed by atoms with E-state index in [-0.39, 0.29) is 0 Å². The number of likely N-dealkylation sites (tertiary alicyclic amines) is 1. The van der Waals surface area contributed by atoms with E-state index in [4.69, 9.17) is 16.6 Å². The van der Waals surface area contributed by atoms with Crippen LogP contribution < -0.4 is 0 Å². The normalized spacial score (nSPS) is 24.2. The number of unbranched alkanes of at least 4 members (excludes halogenated alkanes) is 2. The molecule has 2 aliphatic carbocycles. The third kappa shape index (κ3) is 5.27. The van der Waals surface area contributed by atoms with Crippen LogP contribution in [0.1, 0.15) is 74.7 Å². The van der Waals surface area contributed by atoms with Crippen LogP contribution >= 0.6 is 11.6 Å². The Hall–Kier alpha value is -1.91. The van der Waals surface area contributed by atoms with E-state index in [1.807, 2.05) is 12.4 Å². The molecule has 0 spiro atoms. The molecule has 176 valence electrons. The summed E-state index contributed by atoms with van der Waals surface area (Å²) in [6.07, 6.45) is 18.7. The third-order valence-electron chi connectivity index (χ3n) is 8.03. The van der Waals surface area contributed by atoms with Crippen LogP contribution in [0, 0.1) is 11.8 Å². The van der Waals surface area contributed by atoms with Crippen LogP contribution in [0.4, 0.5) is 0 Å². The minimum Gasteiger partial charge on any atom is -0.348 e. The summed E-state index contributed by atoms with van der Waals surface area (Å²) >= 11 is 6.55. The summed E-state index contributed by atoms with van der Waals surface area (Å²) < 4.78 is 0. The summed E-state index contributed by atoms with van der Waals surface area (Å²) in [5, 5.41) is 1.03. The minimum atomic E-state index is 0.464. The van der Waals surface area contributed by atoms with E-state index < -0.39 is 0 Å². The molecule has 3 aliphatic rings. The molecule has 2 atom stereocenters. The number of imidazole rings is 1. The van der Waals surface area contributed by atoms with Gasteiger partial charge in [-0.05, 0) is 106 Å². The molecule has 1 saturated heterocycles. The number of fused-ring (bicyclic) bond motifs is 1. The Morgan fingerprint density at radius 2 is 2.03 bits per heavy atom. The molecule has 0 radical (unpaired) electrons. The van der Waals surface area contributed by atoms with Gasteiger partial charge in [0.15, 0.2) is 0 Å². The molecule has 3 heterocycles. The number of aromatic amines is 1. The summed E-state index contributed by atoms with van der Waals surface area (Å²) in [7, 11) is 0. The topological polar surface area (TPSA) is 44.8 Å². The van der Waals surface area contributed by atoms with Crippen LogP contribution in [0.3, 0.4) is 0 Å². The summed E-state index contributed by atoms with van der Waals surface area (Å²) in [6, 6.07) is 4.42. The molecule has 2 aromatic heterocycles. The zero-order valence-corrected chi connectivity index (χ0v) is 20.7. The monoisotopic (exact) mass is 464 g/mol. The molecule has 1 N–H and O–H groups in total. The Labute approximate surface area is 203 Å². The summed E-state index contributed by atoms with van der Waals surface area (Å²) in [5.41, 5.74) is 7.22. The van der Waals surface area contributed by atoms with Crippen molar-refractivity contribution in [2.45, 2.75) is 70.6 Å². The summed E-state index contributed by atoms with van der Waals surface area (Å²) in [6.45, 7) is 6.05. The second-order valence-electron chi connectivity index (χ2n) is 10.3. The second kappa shape index (κ2) is 10.6. The lowest BCUT2D eigenvalue weighted by Crippen LogP contribution is -2.37. The molecule has 5 heteroatoms. The number of hydrogen-bond donors (Lipinski definition) is 1. The van der Waals surface area contributed by atoms with E-state index >= 15 is 0 Å². The van der Waals surface area contributed by atoms with Gasteiger partial charge in [-0.2, -0.15) is 0 Å². The van der Waals surface area contributed by atoms with Gasteiger partial charge in [-0.25, -0.2) is 4.98 Å². The molecule has 1 fully saturated rings. The molecule has 1 aliphatic heterocycles. The molecule has 0 bridgehead atoms. The maximum Gasteiger partial charge on any atom is 0.0921 e. The van der Waals surface area contributed by atoms with Crippen LogP contribution in [-0.2, 0) is 12.8 Å². The van der Waals surface area contributed by atoms with Crippen molar-refractivity contribution in [3.8, 4) is 0 Å². The van der Waals surface area contributed by atoms with Crippen molar-refractivity contribution in [2.24, 2.45) is 11.8 Å². The molecular weight excluding hydrogens is 428 g/mol.